The lowest BCUT2D eigenvalue weighted by atomic mass is 10.0. The molecule has 0 spiro atoms. The predicted molar refractivity (Wildman–Crippen MR) is 93.0 cm³/mol. The number of aromatic nitrogens is 1. The molecule has 1 aromatic carbocycles. The van der Waals surface area contributed by atoms with Gasteiger partial charge in [0.2, 0.25) is 5.91 Å². The first-order chi connectivity index (χ1) is 11.5. The number of carbonyl (C=O) groups excluding carboxylic acids is 1. The van der Waals surface area contributed by atoms with E-state index in [-0.39, 0.29) is 12.3 Å². The van der Waals surface area contributed by atoms with Crippen molar-refractivity contribution in [2.45, 2.75) is 38.6 Å². The van der Waals surface area contributed by atoms with Crippen LogP contribution in [0.25, 0.3) is 10.6 Å². The summed E-state index contributed by atoms with van der Waals surface area (Å²) >= 11 is 1.51. The van der Waals surface area contributed by atoms with Crippen LogP contribution in [0.3, 0.4) is 0 Å². The number of carboxylic acid groups (broad SMARTS) is 1. The van der Waals surface area contributed by atoms with Crippen molar-refractivity contribution in [1.29, 1.82) is 0 Å². The number of aliphatic carboxylic acids is 1. The number of carboxylic acids is 1. The highest BCUT2D eigenvalue weighted by Crippen LogP contribution is 2.25. The van der Waals surface area contributed by atoms with Crippen LogP contribution in [-0.4, -0.2) is 39.5 Å². The summed E-state index contributed by atoms with van der Waals surface area (Å²) in [5, 5.41) is 12.1. The van der Waals surface area contributed by atoms with Gasteiger partial charge >= 0.3 is 5.97 Å². The Balaban J connectivity index is 1.70. The lowest BCUT2D eigenvalue weighted by molar-refractivity contribution is -0.151. The molecule has 5 nitrogen and oxygen atoms in total. The molecule has 1 N–H and O–H groups in total. The van der Waals surface area contributed by atoms with Crippen molar-refractivity contribution in [2.75, 3.05) is 6.54 Å². The number of hydrogen-bond acceptors (Lipinski definition) is 4. The molecule has 6 heteroatoms. The topological polar surface area (TPSA) is 70.5 Å². The van der Waals surface area contributed by atoms with Gasteiger partial charge in [-0.3, -0.25) is 4.79 Å². The SMILES string of the molecule is Cc1ccc(-c2nc(CC(=O)N3CCCC[C@@H]3C(=O)O)cs2)cc1. The maximum atomic E-state index is 12.5. The van der Waals surface area contributed by atoms with Gasteiger partial charge in [0.1, 0.15) is 11.0 Å². The molecule has 24 heavy (non-hydrogen) atoms. The Morgan fingerprint density at radius 2 is 2.04 bits per heavy atom. The molecule has 1 fully saturated rings. The zero-order valence-corrected chi connectivity index (χ0v) is 14.4. The van der Waals surface area contributed by atoms with Gasteiger partial charge in [0.05, 0.1) is 12.1 Å². The smallest absolute Gasteiger partial charge is 0.326 e. The molecular formula is C18H20N2O3S. The van der Waals surface area contributed by atoms with Crippen LogP contribution in [0.1, 0.15) is 30.5 Å². The van der Waals surface area contributed by atoms with Crippen molar-refractivity contribution < 1.29 is 14.7 Å². The van der Waals surface area contributed by atoms with Crippen LogP contribution in [-0.2, 0) is 16.0 Å². The average molecular weight is 344 g/mol. The number of thiazole rings is 1. The van der Waals surface area contributed by atoms with E-state index < -0.39 is 12.0 Å². The van der Waals surface area contributed by atoms with E-state index in [9.17, 15) is 14.7 Å². The maximum Gasteiger partial charge on any atom is 0.326 e. The lowest BCUT2D eigenvalue weighted by Crippen LogP contribution is -2.48. The third-order valence-electron chi connectivity index (χ3n) is 4.29. The Kier molecular flexibility index (Phi) is 4.94. The fourth-order valence-corrected chi connectivity index (χ4v) is 3.79. The molecule has 0 aliphatic carbocycles. The summed E-state index contributed by atoms with van der Waals surface area (Å²) in [6.45, 7) is 2.55. The number of benzene rings is 1. The van der Waals surface area contributed by atoms with Gasteiger partial charge in [-0.25, -0.2) is 9.78 Å². The van der Waals surface area contributed by atoms with E-state index >= 15 is 0 Å². The van der Waals surface area contributed by atoms with Gasteiger partial charge in [0.15, 0.2) is 0 Å². The first-order valence-electron chi connectivity index (χ1n) is 8.08. The minimum atomic E-state index is -0.915. The average Bonchev–Trinajstić information content (AvgIpc) is 3.04. The molecule has 0 bridgehead atoms. The van der Waals surface area contributed by atoms with Crippen molar-refractivity contribution >= 4 is 23.2 Å². The molecular weight excluding hydrogens is 324 g/mol. The van der Waals surface area contributed by atoms with E-state index in [0.29, 0.717) is 18.7 Å². The third kappa shape index (κ3) is 3.64. The fraction of sp³-hybridized carbons (Fsp3) is 0.389. The Morgan fingerprint density at radius 1 is 1.29 bits per heavy atom. The number of likely N-dealkylation sites (tertiary alicyclic amines) is 1. The Labute approximate surface area is 145 Å². The first-order valence-corrected chi connectivity index (χ1v) is 8.96. The fourth-order valence-electron chi connectivity index (χ4n) is 2.96. The van der Waals surface area contributed by atoms with Crippen molar-refractivity contribution in [3.05, 3.63) is 40.9 Å². The molecule has 1 amide bonds. The molecule has 0 radical (unpaired) electrons. The van der Waals surface area contributed by atoms with Crippen LogP contribution < -0.4 is 0 Å². The second kappa shape index (κ2) is 7.13. The third-order valence-corrected chi connectivity index (χ3v) is 5.23. The molecule has 1 saturated heterocycles. The van der Waals surface area contributed by atoms with Crippen molar-refractivity contribution in [3.8, 4) is 10.6 Å². The second-order valence-corrected chi connectivity index (χ2v) is 6.98. The van der Waals surface area contributed by atoms with Gasteiger partial charge in [0.25, 0.3) is 0 Å². The van der Waals surface area contributed by atoms with Gasteiger partial charge in [0, 0.05) is 17.5 Å². The second-order valence-electron chi connectivity index (χ2n) is 6.12. The minimum absolute atomic E-state index is 0.150. The van der Waals surface area contributed by atoms with E-state index in [4.69, 9.17) is 0 Å². The first kappa shape index (κ1) is 16.6. The number of nitrogens with zero attached hydrogens (tertiary/aromatic N) is 2. The summed E-state index contributed by atoms with van der Waals surface area (Å²) in [4.78, 5) is 29.9. The van der Waals surface area contributed by atoms with Crippen LogP contribution in [0.5, 0.6) is 0 Å². The number of rotatable bonds is 4. The van der Waals surface area contributed by atoms with E-state index in [1.807, 2.05) is 36.6 Å². The number of piperidine rings is 1. The molecule has 1 aliphatic rings. The predicted octanol–water partition coefficient (Wildman–Crippen LogP) is 3.13. The van der Waals surface area contributed by atoms with Gasteiger partial charge in [-0.15, -0.1) is 11.3 Å². The van der Waals surface area contributed by atoms with Crippen molar-refractivity contribution in [3.63, 3.8) is 0 Å². The van der Waals surface area contributed by atoms with Gasteiger partial charge < -0.3 is 10.0 Å². The Bertz CT molecular complexity index is 739. The van der Waals surface area contributed by atoms with Gasteiger partial charge in [-0.1, -0.05) is 29.8 Å². The molecule has 1 aliphatic heterocycles. The van der Waals surface area contributed by atoms with Gasteiger partial charge in [-0.2, -0.15) is 0 Å². The molecule has 3 rings (SSSR count). The van der Waals surface area contributed by atoms with Crippen LogP contribution in [0, 0.1) is 6.92 Å². The summed E-state index contributed by atoms with van der Waals surface area (Å²) in [6, 6.07) is 7.41. The quantitative estimate of drug-likeness (QED) is 0.925. The van der Waals surface area contributed by atoms with Crippen LogP contribution in [0.15, 0.2) is 29.6 Å². The highest BCUT2D eigenvalue weighted by molar-refractivity contribution is 7.13. The van der Waals surface area contributed by atoms with Crippen LogP contribution >= 0.6 is 11.3 Å². The van der Waals surface area contributed by atoms with E-state index in [1.54, 1.807) is 0 Å². The lowest BCUT2D eigenvalue weighted by Gasteiger charge is -2.32. The molecule has 0 unspecified atom stereocenters. The van der Waals surface area contributed by atoms with E-state index in [2.05, 4.69) is 4.98 Å². The molecule has 126 valence electrons. The van der Waals surface area contributed by atoms with E-state index in [1.165, 1.54) is 21.8 Å². The largest absolute Gasteiger partial charge is 0.480 e. The van der Waals surface area contributed by atoms with Crippen LogP contribution in [0.4, 0.5) is 0 Å². The zero-order chi connectivity index (χ0) is 17.1. The summed E-state index contributed by atoms with van der Waals surface area (Å²) in [6.07, 6.45) is 2.41. The zero-order valence-electron chi connectivity index (χ0n) is 13.6. The molecule has 1 aromatic heterocycles. The highest BCUT2D eigenvalue weighted by Gasteiger charge is 2.31. The van der Waals surface area contributed by atoms with E-state index in [0.717, 1.165) is 23.4 Å². The molecule has 2 aromatic rings. The monoisotopic (exact) mass is 344 g/mol. The normalized spacial score (nSPS) is 17.7. The molecule has 2 heterocycles. The van der Waals surface area contributed by atoms with Gasteiger partial charge in [-0.05, 0) is 26.2 Å². The Morgan fingerprint density at radius 3 is 2.75 bits per heavy atom. The molecule has 0 saturated carbocycles. The standard InChI is InChI=1S/C18H20N2O3S/c1-12-5-7-13(8-6-12)17-19-14(11-24-17)10-16(21)20-9-3-2-4-15(20)18(22)23/h5-8,11,15H,2-4,9-10H2,1H3,(H,22,23)/t15-/m1/s1. The van der Waals surface area contributed by atoms with Crippen molar-refractivity contribution in [1.82, 2.24) is 9.88 Å². The van der Waals surface area contributed by atoms with Crippen LogP contribution in [0.2, 0.25) is 0 Å². The molecule has 1 atom stereocenters. The summed E-state index contributed by atoms with van der Waals surface area (Å²) < 4.78 is 0. The summed E-state index contributed by atoms with van der Waals surface area (Å²) in [7, 11) is 0. The maximum absolute atomic E-state index is 12.5. The number of hydrogen-bond donors (Lipinski definition) is 1. The summed E-state index contributed by atoms with van der Waals surface area (Å²) in [5.74, 6) is -1.07. The highest BCUT2D eigenvalue weighted by atomic mass is 32.1. The minimum Gasteiger partial charge on any atom is -0.480 e. The Hall–Kier alpha value is -2.21. The number of carbonyl (C=O) groups is 2. The number of amides is 1. The summed E-state index contributed by atoms with van der Waals surface area (Å²) in [5.41, 5.74) is 2.93. The van der Waals surface area contributed by atoms with Crippen molar-refractivity contribution in [2.24, 2.45) is 0 Å². The number of aryl methyl sites for hydroxylation is 1.